The molecule has 0 fully saturated rings. The van der Waals surface area contributed by atoms with Crippen LogP contribution >= 0.6 is 11.3 Å². The molecule has 1 aromatic heterocycles. The first-order valence-corrected chi connectivity index (χ1v) is 7.29. The van der Waals surface area contributed by atoms with Crippen molar-refractivity contribution in [3.05, 3.63) is 45.6 Å². The van der Waals surface area contributed by atoms with Gasteiger partial charge in [0.1, 0.15) is 0 Å². The highest BCUT2D eigenvalue weighted by Crippen LogP contribution is 2.24. The Bertz CT molecular complexity index is 588. The highest BCUT2D eigenvalue weighted by atomic mass is 32.1. The number of thiophene rings is 1. The Kier molecular flexibility index (Phi) is 4.76. The summed E-state index contributed by atoms with van der Waals surface area (Å²) in [6.45, 7) is 2.07. The minimum Gasteiger partial charge on any atom is -0.398 e. The van der Waals surface area contributed by atoms with Crippen molar-refractivity contribution in [2.45, 2.75) is 19.8 Å². The van der Waals surface area contributed by atoms with Crippen LogP contribution in [0, 0.1) is 6.92 Å². The number of aryl methyl sites for hydroxylation is 2. The number of nitrogens with one attached hydrogen (secondary N) is 1. The molecular weight excluding hydrogens is 272 g/mol. The number of hydrogen-bond donors (Lipinski definition) is 3. The van der Waals surface area contributed by atoms with E-state index < -0.39 is 0 Å². The first-order valence-electron chi connectivity index (χ1n) is 6.47. The monoisotopic (exact) mass is 290 g/mol. The normalized spacial score (nSPS) is 10.5. The third-order valence-corrected chi connectivity index (χ3v) is 4.05. The summed E-state index contributed by atoms with van der Waals surface area (Å²) in [5.74, 6) is -0.144. The van der Waals surface area contributed by atoms with Crippen LogP contribution in [-0.2, 0) is 6.42 Å². The highest BCUT2D eigenvalue weighted by Gasteiger charge is 2.11. The van der Waals surface area contributed by atoms with E-state index in [1.54, 1.807) is 6.07 Å². The first-order chi connectivity index (χ1) is 9.60. The molecule has 0 saturated carbocycles. The summed E-state index contributed by atoms with van der Waals surface area (Å²) in [5, 5.41) is 11.7. The number of aliphatic hydroxyl groups is 1. The van der Waals surface area contributed by atoms with Crippen molar-refractivity contribution in [1.82, 2.24) is 0 Å². The molecule has 2 rings (SSSR count). The number of nitrogens with two attached hydrogens (primary N) is 1. The van der Waals surface area contributed by atoms with Gasteiger partial charge in [-0.2, -0.15) is 0 Å². The van der Waals surface area contributed by atoms with Crippen LogP contribution in [0.2, 0.25) is 0 Å². The zero-order chi connectivity index (χ0) is 14.5. The molecule has 0 bridgehead atoms. The number of hydrogen-bond acceptors (Lipinski definition) is 4. The Morgan fingerprint density at radius 3 is 2.85 bits per heavy atom. The molecule has 0 spiro atoms. The summed E-state index contributed by atoms with van der Waals surface area (Å²) in [7, 11) is 0. The summed E-state index contributed by atoms with van der Waals surface area (Å²) in [4.78, 5) is 13.7. The minimum absolute atomic E-state index is 0.144. The van der Waals surface area contributed by atoms with Crippen molar-refractivity contribution in [2.24, 2.45) is 0 Å². The third-order valence-electron chi connectivity index (χ3n) is 2.99. The lowest BCUT2D eigenvalue weighted by Gasteiger charge is -2.06. The number of nitrogen functional groups attached to an aromatic ring is 1. The number of rotatable bonds is 5. The molecule has 4 nitrogen and oxygen atoms in total. The van der Waals surface area contributed by atoms with Gasteiger partial charge in [-0.15, -0.1) is 11.3 Å². The van der Waals surface area contributed by atoms with Gasteiger partial charge in [-0.05, 0) is 43.5 Å². The van der Waals surface area contributed by atoms with E-state index in [4.69, 9.17) is 10.8 Å². The van der Waals surface area contributed by atoms with Crippen molar-refractivity contribution < 1.29 is 9.90 Å². The second-order valence-corrected chi connectivity index (χ2v) is 5.86. The van der Waals surface area contributed by atoms with E-state index in [0.717, 1.165) is 29.0 Å². The van der Waals surface area contributed by atoms with Gasteiger partial charge in [0.05, 0.1) is 4.88 Å². The van der Waals surface area contributed by atoms with Gasteiger partial charge in [-0.3, -0.25) is 4.79 Å². The molecule has 1 amide bonds. The van der Waals surface area contributed by atoms with Crippen LogP contribution in [0.3, 0.4) is 0 Å². The van der Waals surface area contributed by atoms with Crippen molar-refractivity contribution in [2.75, 3.05) is 17.7 Å². The number of carbonyl (C=O) groups is 1. The van der Waals surface area contributed by atoms with E-state index in [0.29, 0.717) is 10.6 Å². The number of aliphatic hydroxyl groups excluding tert-OH is 1. The van der Waals surface area contributed by atoms with Gasteiger partial charge >= 0.3 is 0 Å². The highest BCUT2D eigenvalue weighted by molar-refractivity contribution is 7.14. The lowest BCUT2D eigenvalue weighted by molar-refractivity contribution is 0.103. The van der Waals surface area contributed by atoms with Crippen molar-refractivity contribution in [3.63, 3.8) is 0 Å². The fourth-order valence-electron chi connectivity index (χ4n) is 1.89. The van der Waals surface area contributed by atoms with Gasteiger partial charge in [0.2, 0.25) is 0 Å². The van der Waals surface area contributed by atoms with Crippen LogP contribution in [0.4, 0.5) is 11.4 Å². The maximum absolute atomic E-state index is 12.1. The van der Waals surface area contributed by atoms with E-state index >= 15 is 0 Å². The van der Waals surface area contributed by atoms with Gasteiger partial charge in [-0.1, -0.05) is 12.1 Å². The summed E-state index contributed by atoms with van der Waals surface area (Å²) in [6.07, 6.45) is 1.52. The maximum atomic E-state index is 12.1. The predicted molar refractivity (Wildman–Crippen MR) is 83.3 cm³/mol. The van der Waals surface area contributed by atoms with Crippen molar-refractivity contribution in [3.8, 4) is 0 Å². The van der Waals surface area contributed by atoms with Crippen LogP contribution in [-0.4, -0.2) is 17.6 Å². The molecular formula is C15H18N2O2S. The molecule has 1 heterocycles. The minimum atomic E-state index is -0.144. The number of benzene rings is 1. The van der Waals surface area contributed by atoms with Crippen LogP contribution in [0.15, 0.2) is 30.3 Å². The molecule has 1 aromatic carbocycles. The lowest BCUT2D eigenvalue weighted by Crippen LogP contribution is -2.10. The van der Waals surface area contributed by atoms with E-state index in [1.165, 1.54) is 11.3 Å². The van der Waals surface area contributed by atoms with Gasteiger partial charge in [-0.25, -0.2) is 0 Å². The molecule has 0 unspecified atom stereocenters. The van der Waals surface area contributed by atoms with Crippen LogP contribution in [0.1, 0.15) is 26.5 Å². The zero-order valence-electron chi connectivity index (χ0n) is 11.3. The second-order valence-electron chi connectivity index (χ2n) is 4.60. The largest absolute Gasteiger partial charge is 0.398 e. The Morgan fingerprint density at radius 2 is 2.20 bits per heavy atom. The van der Waals surface area contributed by atoms with Crippen molar-refractivity contribution in [1.29, 1.82) is 0 Å². The molecule has 0 atom stereocenters. The fraction of sp³-hybridized carbons (Fsp3) is 0.267. The number of carbonyl (C=O) groups excluding carboxylic acids is 1. The lowest BCUT2D eigenvalue weighted by atomic mass is 10.1. The van der Waals surface area contributed by atoms with Gasteiger partial charge in [0, 0.05) is 22.9 Å². The SMILES string of the molecule is Cc1sc(C(=O)Nc2cccc(CCCO)c2)cc1N. The van der Waals surface area contributed by atoms with Crippen molar-refractivity contribution >= 4 is 28.6 Å². The summed E-state index contributed by atoms with van der Waals surface area (Å²) < 4.78 is 0. The molecule has 106 valence electrons. The summed E-state index contributed by atoms with van der Waals surface area (Å²) in [6, 6.07) is 9.36. The molecule has 5 heteroatoms. The number of amides is 1. The molecule has 0 aliphatic rings. The first kappa shape index (κ1) is 14.6. The topological polar surface area (TPSA) is 75.3 Å². The Hall–Kier alpha value is -1.85. The Labute approximate surface area is 122 Å². The van der Waals surface area contributed by atoms with E-state index in [9.17, 15) is 4.79 Å². The molecule has 4 N–H and O–H groups in total. The standard InChI is InChI=1S/C15H18N2O2S/c1-10-13(16)9-14(20-10)15(19)17-12-6-2-4-11(8-12)5-3-7-18/h2,4,6,8-9,18H,3,5,7,16H2,1H3,(H,17,19). The van der Waals surface area contributed by atoms with Gasteiger partial charge in [0.25, 0.3) is 5.91 Å². The number of anilines is 2. The quantitative estimate of drug-likeness (QED) is 0.792. The van der Waals surface area contributed by atoms with E-state index in [1.807, 2.05) is 31.2 Å². The second kappa shape index (κ2) is 6.54. The Morgan fingerprint density at radius 1 is 1.40 bits per heavy atom. The predicted octanol–water partition coefficient (Wildman–Crippen LogP) is 2.82. The van der Waals surface area contributed by atoms with Crippen LogP contribution < -0.4 is 11.1 Å². The fourth-order valence-corrected chi connectivity index (χ4v) is 2.72. The average Bonchev–Trinajstić information content (AvgIpc) is 2.77. The molecule has 0 aliphatic carbocycles. The molecule has 0 saturated heterocycles. The third kappa shape index (κ3) is 3.59. The average molecular weight is 290 g/mol. The van der Waals surface area contributed by atoms with Crippen LogP contribution in [0.5, 0.6) is 0 Å². The van der Waals surface area contributed by atoms with Crippen LogP contribution in [0.25, 0.3) is 0 Å². The Balaban J connectivity index is 2.07. The molecule has 0 aliphatic heterocycles. The van der Waals surface area contributed by atoms with E-state index in [2.05, 4.69) is 5.32 Å². The maximum Gasteiger partial charge on any atom is 0.265 e. The molecule has 20 heavy (non-hydrogen) atoms. The smallest absolute Gasteiger partial charge is 0.265 e. The zero-order valence-corrected chi connectivity index (χ0v) is 12.2. The summed E-state index contributed by atoms with van der Waals surface area (Å²) in [5.41, 5.74) is 8.26. The van der Waals surface area contributed by atoms with Gasteiger partial charge < -0.3 is 16.2 Å². The molecule has 0 radical (unpaired) electrons. The molecule has 2 aromatic rings. The summed E-state index contributed by atoms with van der Waals surface area (Å²) >= 11 is 1.39. The van der Waals surface area contributed by atoms with Gasteiger partial charge in [0.15, 0.2) is 0 Å². The van der Waals surface area contributed by atoms with E-state index in [-0.39, 0.29) is 12.5 Å².